The molecular formula is C36H48O4. The molecule has 0 N–H and O–H groups in total. The second kappa shape index (κ2) is 19.6. The second-order valence-corrected chi connectivity index (χ2v) is 10.3. The number of rotatable bonds is 15. The van der Waals surface area contributed by atoms with Crippen molar-refractivity contribution in [2.45, 2.75) is 79.1 Å². The van der Waals surface area contributed by atoms with Crippen LogP contribution in [-0.4, -0.2) is 25.2 Å². The first kappa shape index (κ1) is 32.8. The minimum absolute atomic E-state index is 0.291. The number of carbonyl (C=O) groups is 2. The fourth-order valence-electron chi connectivity index (χ4n) is 4.44. The van der Waals surface area contributed by atoms with Crippen LogP contribution >= 0.6 is 0 Å². The van der Waals surface area contributed by atoms with Crippen LogP contribution in [0.15, 0.2) is 84.9 Å². The summed E-state index contributed by atoms with van der Waals surface area (Å²) in [4.78, 5) is 25.1. The van der Waals surface area contributed by atoms with Gasteiger partial charge in [-0.15, -0.1) is 0 Å². The lowest BCUT2D eigenvalue weighted by Gasteiger charge is -2.17. The Morgan fingerprint density at radius 2 is 0.900 bits per heavy atom. The van der Waals surface area contributed by atoms with Crippen molar-refractivity contribution in [1.29, 1.82) is 0 Å². The Labute approximate surface area is 242 Å². The lowest BCUT2D eigenvalue weighted by molar-refractivity contribution is 0.0381. The smallest absolute Gasteiger partial charge is 0.339 e. The van der Waals surface area contributed by atoms with Crippen LogP contribution in [0.1, 0.15) is 99.8 Å². The number of unbranched alkanes of at least 4 members (excludes halogenated alkanes) is 2. The van der Waals surface area contributed by atoms with Crippen molar-refractivity contribution in [1.82, 2.24) is 0 Å². The molecule has 3 rings (SSSR count). The van der Waals surface area contributed by atoms with Crippen LogP contribution in [-0.2, 0) is 9.47 Å². The van der Waals surface area contributed by atoms with Gasteiger partial charge < -0.3 is 9.47 Å². The van der Waals surface area contributed by atoms with Gasteiger partial charge >= 0.3 is 11.9 Å². The Balaban J connectivity index is 0.000000382. The van der Waals surface area contributed by atoms with Crippen LogP contribution in [0.25, 0.3) is 11.1 Å². The van der Waals surface area contributed by atoms with Gasteiger partial charge in [0.1, 0.15) is 0 Å². The standard InChI is InChI=1S/C24H38O4.C12H10/c1-5-9-13-19(7-3)17-27-23(25)21-15-11-12-16-22(21)24(26)28-18-20(8-4)14-10-6-2;1-3-7-11(8-4-1)12-9-5-2-6-10-12/h11-12,15-16,19-20H,5-10,13-14,17-18H2,1-4H3;1-10H. The molecule has 0 saturated carbocycles. The summed E-state index contributed by atoms with van der Waals surface area (Å²) in [6.45, 7) is 9.34. The third-order valence-corrected chi connectivity index (χ3v) is 7.23. The van der Waals surface area contributed by atoms with E-state index < -0.39 is 11.9 Å². The number of benzene rings is 3. The first-order valence-electron chi connectivity index (χ1n) is 15.1. The fraction of sp³-hybridized carbons (Fsp3) is 0.444. The van der Waals surface area contributed by atoms with E-state index in [1.807, 2.05) is 12.1 Å². The lowest BCUT2D eigenvalue weighted by atomic mass is 10.0. The molecular weight excluding hydrogens is 496 g/mol. The van der Waals surface area contributed by atoms with Gasteiger partial charge in [0, 0.05) is 0 Å². The van der Waals surface area contributed by atoms with Crippen LogP contribution in [0.2, 0.25) is 0 Å². The largest absolute Gasteiger partial charge is 0.462 e. The molecule has 2 unspecified atom stereocenters. The summed E-state index contributed by atoms with van der Waals surface area (Å²) < 4.78 is 11.0. The van der Waals surface area contributed by atoms with Gasteiger partial charge in [-0.1, -0.05) is 139 Å². The molecule has 216 valence electrons. The summed E-state index contributed by atoms with van der Waals surface area (Å²) in [5, 5.41) is 0. The first-order valence-corrected chi connectivity index (χ1v) is 15.1. The molecule has 40 heavy (non-hydrogen) atoms. The van der Waals surface area contributed by atoms with E-state index in [9.17, 15) is 9.59 Å². The first-order chi connectivity index (χ1) is 19.5. The van der Waals surface area contributed by atoms with Crippen LogP contribution < -0.4 is 0 Å². The van der Waals surface area contributed by atoms with Gasteiger partial charge in [-0.2, -0.15) is 0 Å². The molecule has 0 aromatic heterocycles. The number of carbonyl (C=O) groups excluding carboxylic acids is 2. The molecule has 4 nitrogen and oxygen atoms in total. The van der Waals surface area contributed by atoms with Crippen LogP contribution in [0, 0.1) is 11.8 Å². The minimum Gasteiger partial charge on any atom is -0.462 e. The Hall–Kier alpha value is -3.40. The van der Waals surface area contributed by atoms with Crippen LogP contribution in [0.4, 0.5) is 0 Å². The molecule has 0 heterocycles. The Morgan fingerprint density at radius 1 is 0.550 bits per heavy atom. The molecule has 0 bridgehead atoms. The maximum atomic E-state index is 12.6. The maximum Gasteiger partial charge on any atom is 0.339 e. The third kappa shape index (κ3) is 11.8. The van der Waals surface area contributed by atoms with Crippen molar-refractivity contribution in [2.24, 2.45) is 11.8 Å². The molecule has 0 aliphatic heterocycles. The second-order valence-electron chi connectivity index (χ2n) is 10.3. The Kier molecular flexibility index (Phi) is 16.1. The summed E-state index contributed by atoms with van der Waals surface area (Å²) in [6.07, 6.45) is 8.61. The van der Waals surface area contributed by atoms with Crippen molar-refractivity contribution in [3.63, 3.8) is 0 Å². The maximum absolute atomic E-state index is 12.6. The van der Waals surface area contributed by atoms with Crippen LogP contribution in [0.3, 0.4) is 0 Å². The van der Waals surface area contributed by atoms with Gasteiger partial charge in [0.15, 0.2) is 0 Å². The minimum atomic E-state index is -0.444. The van der Waals surface area contributed by atoms with Crippen molar-refractivity contribution < 1.29 is 19.1 Å². The summed E-state index contributed by atoms with van der Waals surface area (Å²) in [6, 6.07) is 27.6. The summed E-state index contributed by atoms with van der Waals surface area (Å²) in [7, 11) is 0. The van der Waals surface area contributed by atoms with E-state index in [-0.39, 0.29) is 0 Å². The van der Waals surface area contributed by atoms with Gasteiger partial charge in [0.2, 0.25) is 0 Å². The number of hydrogen-bond donors (Lipinski definition) is 0. The Bertz CT molecular complexity index is 1010. The van der Waals surface area contributed by atoms with E-state index in [0.29, 0.717) is 36.2 Å². The number of hydrogen-bond acceptors (Lipinski definition) is 4. The van der Waals surface area contributed by atoms with Gasteiger partial charge in [0.25, 0.3) is 0 Å². The van der Waals surface area contributed by atoms with E-state index in [1.165, 1.54) is 11.1 Å². The van der Waals surface area contributed by atoms with E-state index in [0.717, 1.165) is 51.4 Å². The normalized spacial score (nSPS) is 12.0. The van der Waals surface area contributed by atoms with E-state index in [2.05, 4.69) is 76.2 Å². The molecule has 3 aromatic carbocycles. The van der Waals surface area contributed by atoms with Crippen LogP contribution in [0.5, 0.6) is 0 Å². The molecule has 0 aliphatic carbocycles. The molecule has 0 fully saturated rings. The lowest BCUT2D eigenvalue weighted by Crippen LogP contribution is -2.19. The SMILES string of the molecule is CCCCC(CC)COC(=O)c1ccccc1C(=O)OCC(CC)CCCC.c1ccc(-c2ccccc2)cc1. The zero-order valence-electron chi connectivity index (χ0n) is 24.9. The number of ether oxygens (including phenoxy) is 2. The molecule has 0 amide bonds. The number of esters is 2. The summed E-state index contributed by atoms with van der Waals surface area (Å²) >= 11 is 0. The van der Waals surface area contributed by atoms with Crippen molar-refractivity contribution >= 4 is 11.9 Å². The van der Waals surface area contributed by atoms with E-state index in [4.69, 9.17) is 9.47 Å². The molecule has 2 atom stereocenters. The zero-order valence-corrected chi connectivity index (χ0v) is 24.9. The van der Waals surface area contributed by atoms with Gasteiger partial charge in [-0.05, 0) is 47.9 Å². The molecule has 3 aromatic rings. The molecule has 0 aliphatic rings. The highest BCUT2D eigenvalue weighted by molar-refractivity contribution is 6.03. The molecule has 4 heteroatoms. The predicted molar refractivity (Wildman–Crippen MR) is 165 cm³/mol. The Morgan fingerprint density at radius 3 is 1.23 bits per heavy atom. The van der Waals surface area contributed by atoms with Crippen molar-refractivity contribution in [3.05, 3.63) is 96.1 Å². The average molecular weight is 545 g/mol. The highest BCUT2D eigenvalue weighted by Gasteiger charge is 2.21. The average Bonchev–Trinajstić information content (AvgIpc) is 3.02. The summed E-state index contributed by atoms with van der Waals surface area (Å²) in [5.74, 6) is -0.153. The van der Waals surface area contributed by atoms with Crippen molar-refractivity contribution in [2.75, 3.05) is 13.2 Å². The molecule has 0 radical (unpaired) electrons. The molecule has 0 spiro atoms. The van der Waals surface area contributed by atoms with Gasteiger partial charge in [-0.3, -0.25) is 0 Å². The monoisotopic (exact) mass is 544 g/mol. The van der Waals surface area contributed by atoms with E-state index >= 15 is 0 Å². The molecule has 0 saturated heterocycles. The van der Waals surface area contributed by atoms with Gasteiger partial charge in [0.05, 0.1) is 24.3 Å². The van der Waals surface area contributed by atoms with Gasteiger partial charge in [-0.25, -0.2) is 9.59 Å². The fourth-order valence-corrected chi connectivity index (χ4v) is 4.44. The third-order valence-electron chi connectivity index (χ3n) is 7.23. The highest BCUT2D eigenvalue weighted by Crippen LogP contribution is 2.19. The summed E-state index contributed by atoms with van der Waals surface area (Å²) in [5.41, 5.74) is 3.13. The van der Waals surface area contributed by atoms with E-state index in [1.54, 1.807) is 24.3 Å². The topological polar surface area (TPSA) is 52.6 Å². The highest BCUT2D eigenvalue weighted by atomic mass is 16.5. The van der Waals surface area contributed by atoms with Crippen molar-refractivity contribution in [3.8, 4) is 11.1 Å². The quantitative estimate of drug-likeness (QED) is 0.179. The zero-order chi connectivity index (χ0) is 29.0. The predicted octanol–water partition coefficient (Wildman–Crippen LogP) is 9.79.